The second kappa shape index (κ2) is 9.58. The molecule has 0 aromatic carbocycles. The van der Waals surface area contributed by atoms with E-state index in [1.165, 1.54) is 6.07 Å². The smallest absolute Gasteiger partial charge is 0.373 e. The van der Waals surface area contributed by atoms with E-state index < -0.39 is 23.8 Å². The average Bonchev–Trinajstić information content (AvgIpc) is 3.36. The third kappa shape index (κ3) is 4.53. The van der Waals surface area contributed by atoms with Gasteiger partial charge in [-0.15, -0.1) is 0 Å². The second-order valence-electron chi connectivity index (χ2n) is 8.59. The van der Waals surface area contributed by atoms with Gasteiger partial charge in [-0.05, 0) is 37.8 Å². The molecule has 2 aromatic heterocycles. The highest BCUT2D eigenvalue weighted by molar-refractivity contribution is 6.37. The van der Waals surface area contributed by atoms with Crippen LogP contribution in [0.4, 0.5) is 13.2 Å². The summed E-state index contributed by atoms with van der Waals surface area (Å²) in [5.74, 6) is -0.726. The number of aromatic nitrogens is 2. The Kier molecular flexibility index (Phi) is 6.91. The summed E-state index contributed by atoms with van der Waals surface area (Å²) in [6.45, 7) is 5.33. The molecule has 0 spiro atoms. The predicted molar refractivity (Wildman–Crippen MR) is 119 cm³/mol. The van der Waals surface area contributed by atoms with Crippen LogP contribution in [0.1, 0.15) is 76.9 Å². The molecule has 0 saturated carbocycles. The van der Waals surface area contributed by atoms with Gasteiger partial charge in [-0.2, -0.15) is 13.2 Å². The Labute approximate surface area is 200 Å². The Bertz CT molecular complexity index is 1080. The van der Waals surface area contributed by atoms with E-state index in [2.05, 4.69) is 10.3 Å². The van der Waals surface area contributed by atoms with E-state index in [0.29, 0.717) is 37.4 Å². The van der Waals surface area contributed by atoms with E-state index in [0.717, 1.165) is 25.1 Å². The topological polar surface area (TPSA) is 76.5 Å². The highest BCUT2D eigenvalue weighted by Crippen LogP contribution is 2.34. The molecule has 34 heavy (non-hydrogen) atoms. The number of likely N-dealkylation sites (tertiary alicyclic amines) is 1. The second-order valence-corrected chi connectivity index (χ2v) is 8.97. The molecule has 11 heteroatoms. The summed E-state index contributed by atoms with van der Waals surface area (Å²) in [7, 11) is 0. The van der Waals surface area contributed by atoms with Gasteiger partial charge in [-0.25, -0.2) is 0 Å². The Balaban J connectivity index is 1.64. The van der Waals surface area contributed by atoms with Gasteiger partial charge in [0.2, 0.25) is 0 Å². The molecule has 2 aliphatic rings. The summed E-state index contributed by atoms with van der Waals surface area (Å²) in [4.78, 5) is 31.9. The highest BCUT2D eigenvalue weighted by atomic mass is 35.5. The Morgan fingerprint density at radius 3 is 2.68 bits per heavy atom. The summed E-state index contributed by atoms with van der Waals surface area (Å²) in [6, 6.07) is 1.69. The van der Waals surface area contributed by atoms with Gasteiger partial charge in [0.25, 0.3) is 11.8 Å². The number of fused-ring (bicyclic) bond motifs is 1. The van der Waals surface area contributed by atoms with Crippen molar-refractivity contribution in [3.63, 3.8) is 0 Å². The molecule has 2 atom stereocenters. The van der Waals surface area contributed by atoms with Gasteiger partial charge in [0.05, 0.1) is 35.5 Å². The molecule has 184 valence electrons. The van der Waals surface area contributed by atoms with Crippen molar-refractivity contribution in [1.29, 1.82) is 0 Å². The SMILES string of the molecule is CC[C@@H](NC(=O)c1c(Cl)c(C(=O)N2CCCC2C)n2c1COCC2)c1ccc(C(F)(F)F)nc1. The molecule has 0 aliphatic carbocycles. The predicted octanol–water partition coefficient (Wildman–Crippen LogP) is 4.59. The van der Waals surface area contributed by atoms with Gasteiger partial charge in [-0.3, -0.25) is 14.6 Å². The summed E-state index contributed by atoms with van der Waals surface area (Å²) in [6.07, 6.45) is -1.19. The molecule has 4 rings (SSSR count). The minimum atomic E-state index is -4.54. The molecule has 0 radical (unpaired) electrons. The van der Waals surface area contributed by atoms with Crippen LogP contribution in [0, 0.1) is 0 Å². The third-order valence-corrected chi connectivity index (χ3v) is 6.81. The number of amides is 2. The number of carbonyl (C=O) groups excluding carboxylic acids is 2. The zero-order chi connectivity index (χ0) is 24.6. The van der Waals surface area contributed by atoms with E-state index >= 15 is 0 Å². The molecule has 2 aromatic rings. The lowest BCUT2D eigenvalue weighted by atomic mass is 10.1. The number of nitrogens with zero attached hydrogens (tertiary/aromatic N) is 3. The first-order valence-corrected chi connectivity index (χ1v) is 11.6. The van der Waals surface area contributed by atoms with Crippen LogP contribution < -0.4 is 5.32 Å². The fourth-order valence-electron chi connectivity index (χ4n) is 4.60. The van der Waals surface area contributed by atoms with E-state index in [1.807, 2.05) is 6.92 Å². The molecule has 1 unspecified atom stereocenters. The van der Waals surface area contributed by atoms with Crippen LogP contribution in [-0.2, 0) is 24.1 Å². The summed E-state index contributed by atoms with van der Waals surface area (Å²) >= 11 is 6.66. The molecule has 1 N–H and O–H groups in total. The van der Waals surface area contributed by atoms with Crippen LogP contribution in [-0.4, -0.2) is 45.5 Å². The molecule has 2 amide bonds. The number of alkyl halides is 3. The van der Waals surface area contributed by atoms with Crippen LogP contribution in [0.3, 0.4) is 0 Å². The quantitative estimate of drug-likeness (QED) is 0.654. The average molecular weight is 499 g/mol. The number of rotatable bonds is 5. The number of halogens is 4. The van der Waals surface area contributed by atoms with Gasteiger partial charge in [0.1, 0.15) is 11.4 Å². The summed E-state index contributed by atoms with van der Waals surface area (Å²) < 4.78 is 45.9. The highest BCUT2D eigenvalue weighted by Gasteiger charge is 2.36. The third-order valence-electron chi connectivity index (χ3n) is 6.45. The van der Waals surface area contributed by atoms with Gasteiger partial charge in [0, 0.05) is 25.3 Å². The molecule has 2 aliphatic heterocycles. The first-order chi connectivity index (χ1) is 16.1. The monoisotopic (exact) mass is 498 g/mol. The maximum absolute atomic E-state index is 13.3. The molecular formula is C23H26ClF3N4O3. The lowest BCUT2D eigenvalue weighted by molar-refractivity contribution is -0.141. The van der Waals surface area contributed by atoms with E-state index in [4.69, 9.17) is 16.3 Å². The van der Waals surface area contributed by atoms with Gasteiger partial charge < -0.3 is 19.5 Å². The van der Waals surface area contributed by atoms with Crippen molar-refractivity contribution < 1.29 is 27.5 Å². The van der Waals surface area contributed by atoms with Crippen LogP contribution in [0.25, 0.3) is 0 Å². The normalized spacial score (nSPS) is 19.1. The number of hydrogen-bond donors (Lipinski definition) is 1. The Morgan fingerprint density at radius 1 is 1.32 bits per heavy atom. The number of carbonyl (C=O) groups is 2. The van der Waals surface area contributed by atoms with Gasteiger partial charge >= 0.3 is 6.18 Å². The standard InChI is InChI=1S/C23H26ClF3N4O3/c1-3-15(14-6-7-17(28-11-14)23(25,26)27)29-21(32)18-16-12-34-10-9-31(16)20(19(18)24)22(33)30-8-4-5-13(30)2/h6-7,11,13,15H,3-5,8-10,12H2,1-2H3,(H,29,32)/t13?,15-/m1/s1. The maximum Gasteiger partial charge on any atom is 0.433 e. The van der Waals surface area contributed by atoms with Crippen molar-refractivity contribution in [1.82, 2.24) is 19.8 Å². The number of hydrogen-bond acceptors (Lipinski definition) is 4. The Morgan fingerprint density at radius 2 is 2.09 bits per heavy atom. The van der Waals surface area contributed by atoms with Crippen molar-refractivity contribution in [2.24, 2.45) is 0 Å². The summed E-state index contributed by atoms with van der Waals surface area (Å²) in [5, 5.41) is 2.91. The molecule has 7 nitrogen and oxygen atoms in total. The maximum atomic E-state index is 13.3. The van der Waals surface area contributed by atoms with Crippen LogP contribution in [0.2, 0.25) is 5.02 Å². The van der Waals surface area contributed by atoms with Crippen molar-refractivity contribution in [2.75, 3.05) is 13.2 Å². The molecule has 1 saturated heterocycles. The van der Waals surface area contributed by atoms with Crippen molar-refractivity contribution in [3.05, 3.63) is 51.6 Å². The first-order valence-electron chi connectivity index (χ1n) is 11.3. The molecular weight excluding hydrogens is 473 g/mol. The van der Waals surface area contributed by atoms with Crippen molar-refractivity contribution >= 4 is 23.4 Å². The molecule has 1 fully saturated rings. The number of ether oxygens (including phenoxy) is 1. The Hall–Kier alpha value is -2.59. The zero-order valence-corrected chi connectivity index (χ0v) is 19.7. The lowest BCUT2D eigenvalue weighted by Crippen LogP contribution is -2.36. The lowest BCUT2D eigenvalue weighted by Gasteiger charge is -2.24. The van der Waals surface area contributed by atoms with Gasteiger partial charge in [0.15, 0.2) is 0 Å². The van der Waals surface area contributed by atoms with Gasteiger partial charge in [-0.1, -0.05) is 24.6 Å². The van der Waals surface area contributed by atoms with Crippen LogP contribution in [0.15, 0.2) is 18.3 Å². The van der Waals surface area contributed by atoms with Crippen LogP contribution in [0.5, 0.6) is 0 Å². The summed E-state index contributed by atoms with van der Waals surface area (Å²) in [5.41, 5.74) is 0.396. The van der Waals surface area contributed by atoms with E-state index in [9.17, 15) is 22.8 Å². The largest absolute Gasteiger partial charge is 0.433 e. The fourth-order valence-corrected chi connectivity index (χ4v) is 4.97. The first kappa shape index (κ1) is 24.5. The zero-order valence-electron chi connectivity index (χ0n) is 18.9. The van der Waals surface area contributed by atoms with Crippen LogP contribution >= 0.6 is 11.6 Å². The molecule has 4 heterocycles. The van der Waals surface area contributed by atoms with Crippen molar-refractivity contribution in [3.8, 4) is 0 Å². The fraction of sp³-hybridized carbons (Fsp3) is 0.522. The van der Waals surface area contributed by atoms with E-state index in [1.54, 1.807) is 16.4 Å². The minimum absolute atomic E-state index is 0.0718. The van der Waals surface area contributed by atoms with E-state index in [-0.39, 0.29) is 34.8 Å². The molecule has 0 bridgehead atoms. The van der Waals surface area contributed by atoms with Crippen molar-refractivity contribution in [2.45, 2.75) is 64.5 Å². The minimum Gasteiger partial charge on any atom is -0.373 e. The number of nitrogens with one attached hydrogen (secondary N) is 1. The number of pyridine rings is 1.